The fourth-order valence-corrected chi connectivity index (χ4v) is 0.786. The zero-order valence-corrected chi connectivity index (χ0v) is 7.79. The molecule has 0 saturated carbocycles. The molecular weight excluding hydrogens is 168 g/mol. The summed E-state index contributed by atoms with van der Waals surface area (Å²) in [6.07, 6.45) is 3.34. The van der Waals surface area contributed by atoms with Crippen LogP contribution in [0.15, 0.2) is 12.4 Å². The molecule has 1 aromatic rings. The van der Waals surface area contributed by atoms with Gasteiger partial charge in [-0.05, 0) is 13.8 Å². The molecule has 0 aromatic carbocycles. The number of nitrogens with one attached hydrogen (secondary N) is 2. The molecule has 1 aromatic heterocycles. The van der Waals surface area contributed by atoms with Crippen molar-refractivity contribution in [3.63, 3.8) is 0 Å². The first-order valence-electron chi connectivity index (χ1n) is 4.05. The summed E-state index contributed by atoms with van der Waals surface area (Å²) in [7, 11) is 0. The van der Waals surface area contributed by atoms with Crippen LogP contribution in [0, 0.1) is 0 Å². The number of imidazole rings is 1. The Bertz CT molecular complexity index is 273. The number of hydrogen-bond donors (Lipinski definition) is 3. The van der Waals surface area contributed by atoms with Gasteiger partial charge in [-0.1, -0.05) is 0 Å². The third-order valence-electron chi connectivity index (χ3n) is 1.56. The van der Waals surface area contributed by atoms with Gasteiger partial charge in [-0.15, -0.1) is 0 Å². The van der Waals surface area contributed by atoms with E-state index in [0.717, 1.165) is 5.82 Å². The van der Waals surface area contributed by atoms with Gasteiger partial charge in [-0.3, -0.25) is 4.79 Å². The predicted molar refractivity (Wildman–Crippen MR) is 48.7 cm³/mol. The first-order chi connectivity index (χ1) is 6.00. The van der Waals surface area contributed by atoms with Crippen LogP contribution < -0.4 is 11.1 Å². The van der Waals surface area contributed by atoms with Gasteiger partial charge >= 0.3 is 0 Å². The highest BCUT2D eigenvalue weighted by Crippen LogP contribution is 1.96. The summed E-state index contributed by atoms with van der Waals surface area (Å²) in [6, 6.07) is 0. The average molecular weight is 182 g/mol. The number of carbonyl (C=O) groups is 1. The van der Waals surface area contributed by atoms with Gasteiger partial charge in [0.1, 0.15) is 5.82 Å². The van der Waals surface area contributed by atoms with Crippen molar-refractivity contribution in [3.8, 4) is 0 Å². The van der Waals surface area contributed by atoms with Gasteiger partial charge in [0.05, 0.1) is 12.1 Å². The van der Waals surface area contributed by atoms with E-state index in [9.17, 15) is 4.79 Å². The maximum atomic E-state index is 11.3. The van der Waals surface area contributed by atoms with Gasteiger partial charge in [-0.2, -0.15) is 0 Å². The van der Waals surface area contributed by atoms with Crippen LogP contribution in [0.2, 0.25) is 0 Å². The molecule has 72 valence electrons. The van der Waals surface area contributed by atoms with Crippen LogP contribution in [0.25, 0.3) is 0 Å². The number of nitrogens with two attached hydrogens (primary N) is 1. The predicted octanol–water partition coefficient (Wildman–Crippen LogP) is -0.237. The molecule has 13 heavy (non-hydrogen) atoms. The highest BCUT2D eigenvalue weighted by molar-refractivity contribution is 5.84. The molecule has 0 fully saturated rings. The molecule has 0 spiro atoms. The summed E-state index contributed by atoms with van der Waals surface area (Å²) >= 11 is 0. The molecule has 0 aliphatic carbocycles. The summed E-state index contributed by atoms with van der Waals surface area (Å²) in [6.45, 7) is 3.70. The van der Waals surface area contributed by atoms with Crippen molar-refractivity contribution >= 4 is 5.91 Å². The number of aromatic amines is 1. The number of amides is 1. The van der Waals surface area contributed by atoms with Gasteiger partial charge in [0.2, 0.25) is 5.91 Å². The summed E-state index contributed by atoms with van der Waals surface area (Å²) < 4.78 is 0. The molecule has 4 N–H and O–H groups in total. The Balaban J connectivity index is 2.40. The Morgan fingerprint density at radius 3 is 2.92 bits per heavy atom. The highest BCUT2D eigenvalue weighted by atomic mass is 16.2. The van der Waals surface area contributed by atoms with Crippen molar-refractivity contribution in [1.29, 1.82) is 0 Å². The SMILES string of the molecule is CC(C)(N)C(=O)NCc1ncc[nH]1. The molecular formula is C8H14N4O. The smallest absolute Gasteiger partial charge is 0.239 e. The van der Waals surface area contributed by atoms with E-state index in [1.165, 1.54) is 0 Å². The quantitative estimate of drug-likeness (QED) is 0.603. The Labute approximate surface area is 76.7 Å². The molecule has 5 heteroatoms. The molecule has 1 rings (SSSR count). The topological polar surface area (TPSA) is 83.8 Å². The lowest BCUT2D eigenvalue weighted by Gasteiger charge is -2.16. The summed E-state index contributed by atoms with van der Waals surface area (Å²) in [5, 5.41) is 2.67. The molecule has 0 aliphatic rings. The van der Waals surface area contributed by atoms with E-state index in [0.29, 0.717) is 6.54 Å². The van der Waals surface area contributed by atoms with Crippen LogP contribution in [-0.4, -0.2) is 21.4 Å². The molecule has 5 nitrogen and oxygen atoms in total. The van der Waals surface area contributed by atoms with Crippen LogP contribution in [0.4, 0.5) is 0 Å². The molecule has 0 atom stereocenters. The molecule has 0 aliphatic heterocycles. The summed E-state index contributed by atoms with van der Waals surface area (Å²) in [5.74, 6) is 0.529. The molecule has 0 saturated heterocycles. The minimum Gasteiger partial charge on any atom is -0.347 e. The van der Waals surface area contributed by atoms with Crippen molar-refractivity contribution in [1.82, 2.24) is 15.3 Å². The lowest BCUT2D eigenvalue weighted by atomic mass is 10.1. The number of H-pyrrole nitrogens is 1. The average Bonchev–Trinajstić information content (AvgIpc) is 2.50. The maximum Gasteiger partial charge on any atom is 0.239 e. The van der Waals surface area contributed by atoms with E-state index in [2.05, 4.69) is 15.3 Å². The van der Waals surface area contributed by atoms with Gasteiger partial charge in [-0.25, -0.2) is 4.98 Å². The molecule has 1 amide bonds. The Hall–Kier alpha value is -1.36. The van der Waals surface area contributed by atoms with E-state index >= 15 is 0 Å². The van der Waals surface area contributed by atoms with E-state index in [1.807, 2.05) is 0 Å². The van der Waals surface area contributed by atoms with Crippen LogP contribution in [0.3, 0.4) is 0 Å². The summed E-state index contributed by atoms with van der Waals surface area (Å²) in [4.78, 5) is 18.1. The first kappa shape index (κ1) is 9.73. The minimum absolute atomic E-state index is 0.191. The van der Waals surface area contributed by atoms with Gasteiger partial charge in [0, 0.05) is 12.4 Å². The van der Waals surface area contributed by atoms with Crippen LogP contribution in [0.1, 0.15) is 19.7 Å². The largest absolute Gasteiger partial charge is 0.347 e. The molecule has 0 bridgehead atoms. The van der Waals surface area contributed by atoms with Gasteiger partial charge < -0.3 is 16.0 Å². The van der Waals surface area contributed by atoms with Crippen molar-refractivity contribution in [2.45, 2.75) is 25.9 Å². The highest BCUT2D eigenvalue weighted by Gasteiger charge is 2.21. The van der Waals surface area contributed by atoms with Crippen molar-refractivity contribution in [2.24, 2.45) is 5.73 Å². The number of rotatable bonds is 3. The third kappa shape index (κ3) is 2.87. The zero-order chi connectivity index (χ0) is 9.90. The fraction of sp³-hybridized carbons (Fsp3) is 0.500. The lowest BCUT2D eigenvalue weighted by Crippen LogP contribution is -2.48. The molecule has 1 heterocycles. The molecule has 0 unspecified atom stereocenters. The summed E-state index contributed by atoms with van der Waals surface area (Å²) in [5.41, 5.74) is 4.74. The Morgan fingerprint density at radius 2 is 2.46 bits per heavy atom. The van der Waals surface area contributed by atoms with Crippen LogP contribution in [0.5, 0.6) is 0 Å². The lowest BCUT2D eigenvalue weighted by molar-refractivity contribution is -0.125. The second-order valence-corrected chi connectivity index (χ2v) is 3.44. The van der Waals surface area contributed by atoms with E-state index in [1.54, 1.807) is 26.2 Å². The standard InChI is InChI=1S/C8H14N4O/c1-8(2,9)7(13)12-5-6-10-3-4-11-6/h3-4H,5,9H2,1-2H3,(H,10,11)(H,12,13). The zero-order valence-electron chi connectivity index (χ0n) is 7.79. The number of carbonyl (C=O) groups excluding carboxylic acids is 1. The maximum absolute atomic E-state index is 11.3. The fourth-order valence-electron chi connectivity index (χ4n) is 0.786. The van der Waals surface area contributed by atoms with E-state index < -0.39 is 5.54 Å². The Morgan fingerprint density at radius 1 is 1.77 bits per heavy atom. The monoisotopic (exact) mass is 182 g/mol. The number of hydrogen-bond acceptors (Lipinski definition) is 3. The van der Waals surface area contributed by atoms with Crippen LogP contribution in [-0.2, 0) is 11.3 Å². The van der Waals surface area contributed by atoms with Crippen LogP contribution >= 0.6 is 0 Å². The van der Waals surface area contributed by atoms with E-state index in [-0.39, 0.29) is 5.91 Å². The Kier molecular flexibility index (Phi) is 2.67. The van der Waals surface area contributed by atoms with E-state index in [4.69, 9.17) is 5.73 Å². The van der Waals surface area contributed by atoms with Gasteiger partial charge in [0.25, 0.3) is 0 Å². The second kappa shape index (κ2) is 3.57. The normalized spacial score (nSPS) is 11.3. The first-order valence-corrected chi connectivity index (χ1v) is 4.05. The van der Waals surface area contributed by atoms with Crippen molar-refractivity contribution < 1.29 is 4.79 Å². The van der Waals surface area contributed by atoms with Gasteiger partial charge in [0.15, 0.2) is 0 Å². The van der Waals surface area contributed by atoms with Crippen molar-refractivity contribution in [2.75, 3.05) is 0 Å². The number of aromatic nitrogens is 2. The number of nitrogens with zero attached hydrogens (tertiary/aromatic N) is 1. The minimum atomic E-state index is -0.841. The molecule has 0 radical (unpaired) electrons. The second-order valence-electron chi connectivity index (χ2n) is 3.44. The van der Waals surface area contributed by atoms with Crippen molar-refractivity contribution in [3.05, 3.63) is 18.2 Å². The third-order valence-corrected chi connectivity index (χ3v) is 1.56.